The Morgan fingerprint density at radius 3 is 2.78 bits per heavy atom. The van der Waals surface area contributed by atoms with Crippen LogP contribution < -0.4 is 5.32 Å². The zero-order chi connectivity index (χ0) is 19.0. The first-order valence-electron chi connectivity index (χ1n) is 9.37. The summed E-state index contributed by atoms with van der Waals surface area (Å²) in [7, 11) is 0. The zero-order valence-electron chi connectivity index (χ0n) is 15.6. The molecule has 27 heavy (non-hydrogen) atoms. The zero-order valence-corrected chi connectivity index (χ0v) is 16.5. The summed E-state index contributed by atoms with van der Waals surface area (Å²) in [4.78, 5) is 26.7. The number of hydrogen-bond donors (Lipinski definition) is 1. The number of nitrogens with one attached hydrogen (secondary N) is 1. The predicted octanol–water partition coefficient (Wildman–Crippen LogP) is 2.89. The summed E-state index contributed by atoms with van der Waals surface area (Å²) < 4.78 is 1.78. The summed E-state index contributed by atoms with van der Waals surface area (Å²) in [5.74, 6) is 1.24. The number of rotatable bonds is 5. The molecule has 0 radical (unpaired) electrons. The average Bonchev–Trinajstić information content (AvgIpc) is 3.32. The fourth-order valence-electron chi connectivity index (χ4n) is 3.84. The van der Waals surface area contributed by atoms with Crippen molar-refractivity contribution in [1.82, 2.24) is 14.7 Å². The number of amides is 2. The summed E-state index contributed by atoms with van der Waals surface area (Å²) in [5.41, 5.74) is 2.43. The molecule has 3 heterocycles. The SMILES string of the molecule is CCc1ccc(Cn2nccc2NC(=O)[C@@H]2CS[C@]3(C)CCC(=O)N23)cc1. The van der Waals surface area contributed by atoms with Gasteiger partial charge < -0.3 is 10.2 Å². The van der Waals surface area contributed by atoms with Gasteiger partial charge in [0.25, 0.3) is 0 Å². The maximum Gasteiger partial charge on any atom is 0.249 e. The van der Waals surface area contributed by atoms with Crippen molar-refractivity contribution >= 4 is 29.4 Å². The number of fused-ring (bicyclic) bond motifs is 1. The standard InChI is InChI=1S/C20H24N4O2S/c1-3-14-4-6-15(7-5-14)12-23-17(9-11-21-23)22-19(26)16-13-27-20(2)10-8-18(25)24(16)20/h4-7,9,11,16H,3,8,10,12-13H2,1-2H3,(H,22,26)/t16-,20+/m0/s1. The van der Waals surface area contributed by atoms with Crippen molar-refractivity contribution in [3.05, 3.63) is 47.7 Å². The molecule has 0 unspecified atom stereocenters. The Labute approximate surface area is 163 Å². The van der Waals surface area contributed by atoms with E-state index in [1.165, 1.54) is 5.56 Å². The number of anilines is 1. The van der Waals surface area contributed by atoms with Gasteiger partial charge in [-0.1, -0.05) is 31.2 Å². The van der Waals surface area contributed by atoms with E-state index in [4.69, 9.17) is 0 Å². The van der Waals surface area contributed by atoms with Gasteiger partial charge in [0.15, 0.2) is 0 Å². The highest BCUT2D eigenvalue weighted by atomic mass is 32.2. The Morgan fingerprint density at radius 2 is 2.04 bits per heavy atom. The van der Waals surface area contributed by atoms with Gasteiger partial charge in [0, 0.05) is 18.2 Å². The van der Waals surface area contributed by atoms with E-state index in [9.17, 15) is 9.59 Å². The molecule has 7 heteroatoms. The molecule has 2 saturated heterocycles. The summed E-state index contributed by atoms with van der Waals surface area (Å²) in [6, 6.07) is 9.80. The first-order chi connectivity index (χ1) is 13.0. The van der Waals surface area contributed by atoms with Crippen LogP contribution in [0.25, 0.3) is 0 Å². The molecule has 0 saturated carbocycles. The van der Waals surface area contributed by atoms with Crippen molar-refractivity contribution in [2.75, 3.05) is 11.1 Å². The van der Waals surface area contributed by atoms with Gasteiger partial charge in [0.1, 0.15) is 11.9 Å². The molecule has 1 aromatic carbocycles. The topological polar surface area (TPSA) is 67.2 Å². The monoisotopic (exact) mass is 384 g/mol. The molecule has 0 spiro atoms. The molecule has 4 rings (SSSR count). The third kappa shape index (κ3) is 3.36. The average molecular weight is 385 g/mol. The van der Waals surface area contributed by atoms with E-state index in [-0.39, 0.29) is 16.7 Å². The second kappa shape index (κ2) is 7.03. The lowest BCUT2D eigenvalue weighted by Crippen LogP contribution is -2.48. The Morgan fingerprint density at radius 1 is 1.30 bits per heavy atom. The molecular weight excluding hydrogens is 360 g/mol. The molecule has 0 bridgehead atoms. The van der Waals surface area contributed by atoms with Crippen molar-refractivity contribution in [2.24, 2.45) is 0 Å². The second-order valence-electron chi connectivity index (χ2n) is 7.30. The van der Waals surface area contributed by atoms with Crippen LogP contribution in [0, 0.1) is 0 Å². The highest BCUT2D eigenvalue weighted by Gasteiger charge is 2.52. The number of carbonyl (C=O) groups is 2. The molecule has 2 aromatic rings. The smallest absolute Gasteiger partial charge is 0.249 e. The quantitative estimate of drug-likeness (QED) is 0.861. The van der Waals surface area contributed by atoms with E-state index in [0.29, 0.717) is 24.5 Å². The minimum Gasteiger partial charge on any atom is -0.315 e. The van der Waals surface area contributed by atoms with Gasteiger partial charge in [-0.2, -0.15) is 5.10 Å². The fourth-order valence-corrected chi connectivity index (χ4v) is 5.27. The van der Waals surface area contributed by atoms with Crippen molar-refractivity contribution in [3.8, 4) is 0 Å². The molecule has 142 valence electrons. The van der Waals surface area contributed by atoms with Gasteiger partial charge in [-0.25, -0.2) is 4.68 Å². The van der Waals surface area contributed by atoms with Crippen LogP contribution in [-0.4, -0.2) is 43.2 Å². The summed E-state index contributed by atoms with van der Waals surface area (Å²) >= 11 is 1.70. The van der Waals surface area contributed by atoms with Crippen molar-refractivity contribution < 1.29 is 9.59 Å². The minimum atomic E-state index is -0.415. The summed E-state index contributed by atoms with van der Waals surface area (Å²) in [6.07, 6.45) is 4.03. The van der Waals surface area contributed by atoms with E-state index in [1.807, 2.05) is 0 Å². The molecule has 2 fully saturated rings. The second-order valence-corrected chi connectivity index (χ2v) is 8.80. The molecule has 0 aliphatic carbocycles. The number of aryl methyl sites for hydroxylation is 1. The Kier molecular flexibility index (Phi) is 4.72. The number of hydrogen-bond acceptors (Lipinski definition) is 4. The van der Waals surface area contributed by atoms with Crippen LogP contribution in [0.3, 0.4) is 0 Å². The van der Waals surface area contributed by atoms with Gasteiger partial charge in [-0.15, -0.1) is 11.8 Å². The van der Waals surface area contributed by atoms with E-state index < -0.39 is 6.04 Å². The minimum absolute atomic E-state index is 0.0761. The largest absolute Gasteiger partial charge is 0.315 e. The Bertz CT molecular complexity index is 863. The van der Waals surface area contributed by atoms with Gasteiger partial charge in [0.05, 0.1) is 17.6 Å². The van der Waals surface area contributed by atoms with E-state index in [2.05, 4.69) is 48.5 Å². The Hall–Kier alpha value is -2.28. The lowest BCUT2D eigenvalue weighted by atomic mass is 10.1. The fraction of sp³-hybridized carbons (Fsp3) is 0.450. The van der Waals surface area contributed by atoms with Crippen LogP contribution in [0.1, 0.15) is 37.8 Å². The van der Waals surface area contributed by atoms with Crippen LogP contribution in [0.5, 0.6) is 0 Å². The number of nitrogens with zero attached hydrogens (tertiary/aromatic N) is 3. The van der Waals surface area contributed by atoms with Gasteiger partial charge >= 0.3 is 0 Å². The first kappa shape index (κ1) is 18.1. The maximum absolute atomic E-state index is 12.9. The van der Waals surface area contributed by atoms with Crippen LogP contribution in [-0.2, 0) is 22.6 Å². The molecule has 2 amide bonds. The highest BCUT2D eigenvalue weighted by molar-refractivity contribution is 8.01. The molecular formula is C20H24N4O2S. The summed E-state index contributed by atoms with van der Waals surface area (Å²) in [6.45, 7) is 4.78. The number of carbonyl (C=O) groups excluding carboxylic acids is 2. The van der Waals surface area contributed by atoms with Crippen molar-refractivity contribution in [1.29, 1.82) is 0 Å². The van der Waals surface area contributed by atoms with Crippen molar-refractivity contribution in [2.45, 2.75) is 50.6 Å². The Balaban J connectivity index is 1.46. The molecule has 1 N–H and O–H groups in total. The first-order valence-corrected chi connectivity index (χ1v) is 10.4. The van der Waals surface area contributed by atoms with Crippen molar-refractivity contribution in [3.63, 3.8) is 0 Å². The van der Waals surface area contributed by atoms with Gasteiger partial charge in [-0.05, 0) is 30.9 Å². The van der Waals surface area contributed by atoms with Crippen LogP contribution in [0.4, 0.5) is 5.82 Å². The maximum atomic E-state index is 12.9. The predicted molar refractivity (Wildman–Crippen MR) is 107 cm³/mol. The van der Waals surface area contributed by atoms with E-state index >= 15 is 0 Å². The summed E-state index contributed by atoms with van der Waals surface area (Å²) in [5, 5.41) is 7.32. The van der Waals surface area contributed by atoms with Gasteiger partial charge in [0.2, 0.25) is 11.8 Å². The van der Waals surface area contributed by atoms with Crippen LogP contribution in [0.2, 0.25) is 0 Å². The molecule has 2 atom stereocenters. The third-order valence-corrected chi connectivity index (χ3v) is 6.98. The molecule has 1 aromatic heterocycles. The number of benzene rings is 1. The van der Waals surface area contributed by atoms with E-state index in [1.54, 1.807) is 33.6 Å². The highest BCUT2D eigenvalue weighted by Crippen LogP contribution is 2.47. The lowest BCUT2D eigenvalue weighted by Gasteiger charge is -2.29. The molecule has 2 aliphatic heterocycles. The van der Waals surface area contributed by atoms with E-state index in [0.717, 1.165) is 18.4 Å². The normalized spacial score (nSPS) is 24.3. The van der Waals surface area contributed by atoms with Crippen LogP contribution in [0.15, 0.2) is 36.5 Å². The number of thioether (sulfide) groups is 1. The third-order valence-electron chi connectivity index (χ3n) is 5.48. The molecule has 2 aliphatic rings. The lowest BCUT2D eigenvalue weighted by molar-refractivity contribution is -0.135. The van der Waals surface area contributed by atoms with Crippen LogP contribution >= 0.6 is 11.8 Å². The number of aromatic nitrogens is 2. The molecule has 6 nitrogen and oxygen atoms in total. The van der Waals surface area contributed by atoms with Gasteiger partial charge in [-0.3, -0.25) is 9.59 Å².